The summed E-state index contributed by atoms with van der Waals surface area (Å²) in [5.74, 6) is 4.26. The van der Waals surface area contributed by atoms with Crippen LogP contribution in [-0.4, -0.2) is 30.1 Å². The largest absolute Gasteiger partial charge is 0.311 e. The molecule has 1 aromatic rings. The normalized spacial score (nSPS) is 48.3. The molecule has 1 heterocycles. The molecule has 1 N–H and O–H groups in total. The van der Waals surface area contributed by atoms with E-state index in [0.717, 1.165) is 36.3 Å². The van der Waals surface area contributed by atoms with Gasteiger partial charge in [-0.25, -0.2) is 0 Å². The molecule has 1 aliphatic heterocycles. The lowest BCUT2D eigenvalue weighted by Gasteiger charge is -2.41. The van der Waals surface area contributed by atoms with Crippen LogP contribution in [0.4, 0.5) is 0 Å². The molecule has 5 rings (SSSR count). The second kappa shape index (κ2) is 4.57. The molecule has 0 amide bonds. The van der Waals surface area contributed by atoms with Gasteiger partial charge in [-0.05, 0) is 55.4 Å². The average Bonchev–Trinajstić information content (AvgIpc) is 2.95. The standard InChI is InChI=1S/C19H26N2/c1-12-11-21(16(10-20-12)13-5-3-2-4-6-13)19-17-14-7-8-15(9-14)18(17)19/h2-6,12,14-20H,7-11H2,1H3. The number of benzene rings is 1. The highest BCUT2D eigenvalue weighted by Gasteiger charge is 2.67. The first-order chi connectivity index (χ1) is 10.3. The van der Waals surface area contributed by atoms with Crippen molar-refractivity contribution in [1.82, 2.24) is 10.2 Å². The minimum Gasteiger partial charge on any atom is -0.311 e. The maximum Gasteiger partial charge on any atom is 0.0476 e. The molecule has 2 nitrogen and oxygen atoms in total. The average molecular weight is 282 g/mol. The molecule has 1 aromatic carbocycles. The topological polar surface area (TPSA) is 15.3 Å². The van der Waals surface area contributed by atoms with Crippen LogP contribution in [0.1, 0.15) is 37.8 Å². The Morgan fingerprint density at radius 1 is 1.05 bits per heavy atom. The molecule has 6 unspecified atom stereocenters. The second-order valence-electron chi connectivity index (χ2n) is 7.91. The van der Waals surface area contributed by atoms with Gasteiger partial charge in [0, 0.05) is 31.2 Å². The lowest BCUT2D eigenvalue weighted by atomic mass is 9.98. The van der Waals surface area contributed by atoms with E-state index in [4.69, 9.17) is 0 Å². The first-order valence-electron chi connectivity index (χ1n) is 8.87. The van der Waals surface area contributed by atoms with E-state index in [1.807, 2.05) is 0 Å². The lowest BCUT2D eigenvalue weighted by Crippen LogP contribution is -2.52. The first-order valence-corrected chi connectivity index (χ1v) is 8.87. The van der Waals surface area contributed by atoms with Crippen LogP contribution in [0.5, 0.6) is 0 Å². The van der Waals surface area contributed by atoms with E-state index >= 15 is 0 Å². The van der Waals surface area contributed by atoms with E-state index in [2.05, 4.69) is 47.5 Å². The predicted octanol–water partition coefficient (Wildman–Crippen LogP) is 3.07. The van der Waals surface area contributed by atoms with Gasteiger partial charge < -0.3 is 5.32 Å². The van der Waals surface area contributed by atoms with Gasteiger partial charge in [0.1, 0.15) is 0 Å². The quantitative estimate of drug-likeness (QED) is 0.897. The zero-order chi connectivity index (χ0) is 14.0. The Labute approximate surface area is 127 Å². The second-order valence-corrected chi connectivity index (χ2v) is 7.91. The van der Waals surface area contributed by atoms with Gasteiger partial charge in [-0.2, -0.15) is 0 Å². The highest BCUT2D eigenvalue weighted by Crippen LogP contribution is 2.68. The third-order valence-corrected chi connectivity index (χ3v) is 6.81. The summed E-state index contributed by atoms with van der Waals surface area (Å²) in [5, 5.41) is 3.71. The zero-order valence-electron chi connectivity index (χ0n) is 12.9. The van der Waals surface area contributed by atoms with E-state index in [0.29, 0.717) is 12.1 Å². The summed E-state index contributed by atoms with van der Waals surface area (Å²) in [7, 11) is 0. The molecule has 3 saturated carbocycles. The van der Waals surface area contributed by atoms with Gasteiger partial charge in [0.25, 0.3) is 0 Å². The van der Waals surface area contributed by atoms with Crippen molar-refractivity contribution < 1.29 is 0 Å². The SMILES string of the molecule is CC1CN(C2C3C4CCC(C4)C32)C(c2ccccc2)CN1. The number of nitrogens with zero attached hydrogens (tertiary/aromatic N) is 1. The van der Waals surface area contributed by atoms with Crippen molar-refractivity contribution in [2.75, 3.05) is 13.1 Å². The highest BCUT2D eigenvalue weighted by molar-refractivity contribution is 5.24. The van der Waals surface area contributed by atoms with Gasteiger partial charge in [0.15, 0.2) is 0 Å². The summed E-state index contributed by atoms with van der Waals surface area (Å²) in [6, 6.07) is 13.3. The molecule has 2 bridgehead atoms. The first kappa shape index (κ1) is 12.7. The minimum absolute atomic E-state index is 0.595. The van der Waals surface area contributed by atoms with Crippen molar-refractivity contribution in [2.45, 2.75) is 44.3 Å². The number of nitrogens with one attached hydrogen (secondary N) is 1. The molecule has 21 heavy (non-hydrogen) atoms. The van der Waals surface area contributed by atoms with Crippen LogP contribution in [0.2, 0.25) is 0 Å². The summed E-state index contributed by atoms with van der Waals surface area (Å²) in [6.45, 7) is 4.70. The van der Waals surface area contributed by atoms with Crippen molar-refractivity contribution in [2.24, 2.45) is 23.7 Å². The number of rotatable bonds is 2. The third-order valence-electron chi connectivity index (χ3n) is 6.81. The zero-order valence-corrected chi connectivity index (χ0v) is 12.9. The molecular formula is C19H26N2. The predicted molar refractivity (Wildman–Crippen MR) is 85.0 cm³/mol. The van der Waals surface area contributed by atoms with Crippen molar-refractivity contribution in [1.29, 1.82) is 0 Å². The fourth-order valence-electron chi connectivity index (χ4n) is 5.97. The van der Waals surface area contributed by atoms with Crippen molar-refractivity contribution in [3.63, 3.8) is 0 Å². The van der Waals surface area contributed by atoms with Gasteiger partial charge in [0.05, 0.1) is 0 Å². The molecule has 4 aliphatic rings. The summed E-state index contributed by atoms with van der Waals surface area (Å²) in [4.78, 5) is 2.89. The fraction of sp³-hybridized carbons (Fsp3) is 0.684. The van der Waals surface area contributed by atoms with E-state index in [1.54, 1.807) is 6.42 Å². The van der Waals surface area contributed by atoms with Gasteiger partial charge in [-0.15, -0.1) is 0 Å². The fourth-order valence-corrected chi connectivity index (χ4v) is 5.97. The summed E-state index contributed by atoms with van der Waals surface area (Å²) >= 11 is 0. The van der Waals surface area contributed by atoms with E-state index in [-0.39, 0.29) is 0 Å². The van der Waals surface area contributed by atoms with E-state index in [1.165, 1.54) is 24.9 Å². The summed E-state index contributed by atoms with van der Waals surface area (Å²) in [5.41, 5.74) is 1.51. The van der Waals surface area contributed by atoms with Crippen LogP contribution in [-0.2, 0) is 0 Å². The van der Waals surface area contributed by atoms with E-state index < -0.39 is 0 Å². The number of hydrogen-bond acceptors (Lipinski definition) is 2. The molecule has 3 aliphatic carbocycles. The Morgan fingerprint density at radius 2 is 1.76 bits per heavy atom. The Balaban J connectivity index is 1.43. The number of hydrogen-bond donors (Lipinski definition) is 1. The Morgan fingerprint density at radius 3 is 2.48 bits per heavy atom. The van der Waals surface area contributed by atoms with Crippen molar-refractivity contribution >= 4 is 0 Å². The molecule has 0 aromatic heterocycles. The molecule has 4 fully saturated rings. The third kappa shape index (κ3) is 1.85. The Hall–Kier alpha value is -0.860. The molecular weight excluding hydrogens is 256 g/mol. The molecule has 0 radical (unpaired) electrons. The van der Waals surface area contributed by atoms with Crippen LogP contribution >= 0.6 is 0 Å². The summed E-state index contributed by atoms with van der Waals surface area (Å²) in [6.07, 6.45) is 4.61. The van der Waals surface area contributed by atoms with E-state index in [9.17, 15) is 0 Å². The molecule has 6 atom stereocenters. The molecule has 112 valence electrons. The highest BCUT2D eigenvalue weighted by atomic mass is 15.3. The number of fused-ring (bicyclic) bond motifs is 5. The van der Waals surface area contributed by atoms with Crippen molar-refractivity contribution in [3.05, 3.63) is 35.9 Å². The smallest absolute Gasteiger partial charge is 0.0476 e. The van der Waals surface area contributed by atoms with Gasteiger partial charge in [-0.3, -0.25) is 4.90 Å². The monoisotopic (exact) mass is 282 g/mol. The van der Waals surface area contributed by atoms with Crippen LogP contribution in [0.3, 0.4) is 0 Å². The van der Waals surface area contributed by atoms with Gasteiger partial charge >= 0.3 is 0 Å². The summed E-state index contributed by atoms with van der Waals surface area (Å²) < 4.78 is 0. The molecule has 2 heteroatoms. The maximum atomic E-state index is 3.71. The van der Waals surface area contributed by atoms with Gasteiger partial charge in [0.2, 0.25) is 0 Å². The van der Waals surface area contributed by atoms with Crippen LogP contribution < -0.4 is 5.32 Å². The van der Waals surface area contributed by atoms with Crippen LogP contribution in [0.15, 0.2) is 30.3 Å². The lowest BCUT2D eigenvalue weighted by molar-refractivity contribution is 0.105. The van der Waals surface area contributed by atoms with Crippen LogP contribution in [0.25, 0.3) is 0 Å². The minimum atomic E-state index is 0.595. The maximum absolute atomic E-state index is 3.71. The molecule has 1 saturated heterocycles. The number of piperazine rings is 1. The Kier molecular flexibility index (Phi) is 2.75. The van der Waals surface area contributed by atoms with Crippen LogP contribution in [0, 0.1) is 23.7 Å². The Bertz CT molecular complexity index is 512. The van der Waals surface area contributed by atoms with Crippen molar-refractivity contribution in [3.8, 4) is 0 Å². The van der Waals surface area contributed by atoms with Gasteiger partial charge in [-0.1, -0.05) is 30.3 Å². The molecule has 0 spiro atoms.